The summed E-state index contributed by atoms with van der Waals surface area (Å²) in [6.45, 7) is 8.20. The van der Waals surface area contributed by atoms with Crippen molar-refractivity contribution in [3.63, 3.8) is 0 Å². The minimum Gasteiger partial charge on any atom is -0.366 e. The molecule has 0 spiro atoms. The number of imide groups is 1. The van der Waals surface area contributed by atoms with Crippen molar-refractivity contribution in [2.45, 2.75) is 39.5 Å². The van der Waals surface area contributed by atoms with Crippen molar-refractivity contribution in [2.24, 2.45) is 5.73 Å². The maximum absolute atomic E-state index is 13.6. The number of rotatable bonds is 4. The van der Waals surface area contributed by atoms with Crippen LogP contribution in [0.1, 0.15) is 81.7 Å². The average molecular weight is 400 g/mol. The smallest absolute Gasteiger partial charge is 0.266 e. The molecule has 5 nitrogen and oxygen atoms in total. The molecule has 1 heterocycles. The minimum atomic E-state index is -0.590. The van der Waals surface area contributed by atoms with Gasteiger partial charge in [-0.25, -0.2) is 4.90 Å². The predicted octanol–water partition coefficient (Wildman–Crippen LogP) is 4.99. The van der Waals surface area contributed by atoms with Crippen LogP contribution < -0.4 is 10.6 Å². The van der Waals surface area contributed by atoms with Crippen molar-refractivity contribution in [3.05, 3.63) is 76.3 Å². The van der Waals surface area contributed by atoms with Gasteiger partial charge < -0.3 is 5.73 Å². The molecule has 1 aliphatic heterocycles. The zero-order chi connectivity index (χ0) is 21.7. The number of amides is 3. The van der Waals surface area contributed by atoms with Crippen molar-refractivity contribution in [2.75, 3.05) is 4.90 Å². The number of benzene rings is 3. The van der Waals surface area contributed by atoms with Crippen LogP contribution in [0.25, 0.3) is 10.8 Å². The molecular weight excluding hydrogens is 376 g/mol. The maximum atomic E-state index is 13.6. The second-order valence-electron chi connectivity index (χ2n) is 8.29. The molecule has 5 heteroatoms. The van der Waals surface area contributed by atoms with E-state index < -0.39 is 5.91 Å². The third-order valence-corrected chi connectivity index (χ3v) is 5.74. The van der Waals surface area contributed by atoms with Crippen molar-refractivity contribution in [1.29, 1.82) is 0 Å². The Morgan fingerprint density at radius 2 is 1.33 bits per heavy atom. The maximum Gasteiger partial charge on any atom is 0.266 e. The lowest BCUT2D eigenvalue weighted by atomic mass is 9.87. The molecule has 0 radical (unpaired) electrons. The van der Waals surface area contributed by atoms with Gasteiger partial charge in [0.05, 0.1) is 5.69 Å². The number of anilines is 1. The molecule has 1 aliphatic rings. The molecule has 4 rings (SSSR count). The second kappa shape index (κ2) is 7.10. The van der Waals surface area contributed by atoms with Crippen LogP contribution in [0.2, 0.25) is 0 Å². The van der Waals surface area contributed by atoms with Gasteiger partial charge in [-0.3, -0.25) is 14.4 Å². The number of para-hydroxylation sites is 1. The fraction of sp³-hybridized carbons (Fsp3) is 0.240. The number of nitrogens with zero attached hydrogens (tertiary/aromatic N) is 1. The van der Waals surface area contributed by atoms with Gasteiger partial charge in [0.25, 0.3) is 11.8 Å². The van der Waals surface area contributed by atoms with E-state index in [4.69, 9.17) is 5.73 Å². The third kappa shape index (κ3) is 2.81. The number of carbonyl (C=O) groups is 3. The quantitative estimate of drug-likeness (QED) is 0.627. The third-order valence-electron chi connectivity index (χ3n) is 5.74. The molecule has 3 amide bonds. The largest absolute Gasteiger partial charge is 0.366 e. The molecule has 152 valence electrons. The molecule has 2 N–H and O–H groups in total. The molecule has 0 unspecified atom stereocenters. The van der Waals surface area contributed by atoms with Crippen LogP contribution in [0.15, 0.2) is 48.5 Å². The van der Waals surface area contributed by atoms with Crippen LogP contribution >= 0.6 is 0 Å². The van der Waals surface area contributed by atoms with Crippen molar-refractivity contribution >= 4 is 34.2 Å². The number of primary amides is 1. The Hall–Kier alpha value is -3.47. The monoisotopic (exact) mass is 400 g/mol. The normalized spacial score (nSPS) is 13.6. The van der Waals surface area contributed by atoms with Crippen LogP contribution in [-0.4, -0.2) is 17.7 Å². The molecular formula is C25H24N2O3. The highest BCUT2D eigenvalue weighted by Gasteiger charge is 2.37. The van der Waals surface area contributed by atoms with Crippen LogP contribution in [0.5, 0.6) is 0 Å². The molecule has 0 saturated heterocycles. The Balaban J connectivity index is 2.04. The number of hydrogen-bond acceptors (Lipinski definition) is 3. The molecule has 3 aromatic rings. The van der Waals surface area contributed by atoms with Gasteiger partial charge in [-0.1, -0.05) is 58.0 Å². The summed E-state index contributed by atoms with van der Waals surface area (Å²) >= 11 is 0. The van der Waals surface area contributed by atoms with Gasteiger partial charge in [0.15, 0.2) is 0 Å². The summed E-state index contributed by atoms with van der Waals surface area (Å²) in [5, 5.41) is 1.02. The lowest BCUT2D eigenvalue weighted by Gasteiger charge is -2.32. The minimum absolute atomic E-state index is 0.133. The Labute approximate surface area is 175 Å². The first kappa shape index (κ1) is 19.8. The van der Waals surface area contributed by atoms with Gasteiger partial charge in [0.1, 0.15) is 0 Å². The Morgan fingerprint density at radius 1 is 0.800 bits per heavy atom. The van der Waals surface area contributed by atoms with Gasteiger partial charge in [-0.2, -0.15) is 0 Å². The summed E-state index contributed by atoms with van der Waals surface area (Å²) in [7, 11) is 0. The fourth-order valence-electron chi connectivity index (χ4n) is 4.28. The van der Waals surface area contributed by atoms with E-state index in [9.17, 15) is 14.4 Å². The summed E-state index contributed by atoms with van der Waals surface area (Å²) in [6, 6.07) is 14.2. The lowest BCUT2D eigenvalue weighted by molar-refractivity contribution is 0.0891. The number of nitrogens with two attached hydrogens (primary N) is 1. The highest BCUT2D eigenvalue weighted by Crippen LogP contribution is 2.40. The van der Waals surface area contributed by atoms with Gasteiger partial charge in [0.2, 0.25) is 5.91 Å². The van der Waals surface area contributed by atoms with Crippen molar-refractivity contribution < 1.29 is 14.4 Å². The van der Waals surface area contributed by atoms with Crippen molar-refractivity contribution in [1.82, 2.24) is 0 Å². The van der Waals surface area contributed by atoms with Crippen LogP contribution in [-0.2, 0) is 0 Å². The number of carbonyl (C=O) groups excluding carboxylic acids is 3. The topological polar surface area (TPSA) is 80.5 Å². The Bertz CT molecular complexity index is 1180. The van der Waals surface area contributed by atoms with E-state index >= 15 is 0 Å². The standard InChI is InChI=1S/C25H24N2O3/c1-13(2)15-7-5-8-16(14(3)4)22(15)27-24(29)19-10-6-9-17-18(23(26)28)11-12-20(21(17)19)25(27)30/h5-14H,1-4H3,(H2,26,28). The molecule has 30 heavy (non-hydrogen) atoms. The lowest BCUT2D eigenvalue weighted by Crippen LogP contribution is -2.42. The fourth-order valence-corrected chi connectivity index (χ4v) is 4.28. The highest BCUT2D eigenvalue weighted by molar-refractivity contribution is 6.37. The van der Waals surface area contributed by atoms with Gasteiger partial charge in [-0.15, -0.1) is 0 Å². The zero-order valence-corrected chi connectivity index (χ0v) is 17.5. The molecule has 0 atom stereocenters. The molecule has 0 aromatic heterocycles. The summed E-state index contributed by atoms with van der Waals surface area (Å²) in [4.78, 5) is 40.5. The van der Waals surface area contributed by atoms with E-state index in [1.54, 1.807) is 30.3 Å². The van der Waals surface area contributed by atoms with Crippen LogP contribution in [0.4, 0.5) is 5.69 Å². The van der Waals surface area contributed by atoms with E-state index in [0.717, 1.165) is 11.1 Å². The second-order valence-corrected chi connectivity index (χ2v) is 8.29. The summed E-state index contributed by atoms with van der Waals surface area (Å²) in [5.41, 5.74) is 9.19. The first-order valence-electron chi connectivity index (χ1n) is 10.1. The van der Waals surface area contributed by atoms with Gasteiger partial charge in [0, 0.05) is 22.1 Å². The Morgan fingerprint density at radius 3 is 1.87 bits per heavy atom. The summed E-state index contributed by atoms with van der Waals surface area (Å²) in [6.07, 6.45) is 0. The van der Waals surface area contributed by atoms with Crippen LogP contribution in [0, 0.1) is 0 Å². The van der Waals surface area contributed by atoms with E-state index in [1.165, 1.54) is 4.90 Å². The van der Waals surface area contributed by atoms with Gasteiger partial charge >= 0.3 is 0 Å². The SMILES string of the molecule is CC(C)c1cccc(C(C)C)c1N1C(=O)c2cccc3c(C(N)=O)ccc(c23)C1=O. The van der Waals surface area contributed by atoms with Crippen molar-refractivity contribution in [3.8, 4) is 0 Å². The summed E-state index contributed by atoms with van der Waals surface area (Å²) < 4.78 is 0. The Kier molecular flexibility index (Phi) is 4.69. The molecule has 0 fully saturated rings. The summed E-state index contributed by atoms with van der Waals surface area (Å²) in [5.74, 6) is -1.08. The van der Waals surface area contributed by atoms with Crippen LogP contribution in [0.3, 0.4) is 0 Å². The van der Waals surface area contributed by atoms with E-state index in [0.29, 0.717) is 33.2 Å². The van der Waals surface area contributed by atoms with E-state index in [2.05, 4.69) is 27.7 Å². The number of hydrogen-bond donors (Lipinski definition) is 1. The first-order valence-corrected chi connectivity index (χ1v) is 10.1. The molecule has 0 aliphatic carbocycles. The average Bonchev–Trinajstić information content (AvgIpc) is 2.71. The first-order chi connectivity index (χ1) is 14.2. The molecule has 0 bridgehead atoms. The van der Waals surface area contributed by atoms with Gasteiger partial charge in [-0.05, 0) is 46.5 Å². The molecule has 0 saturated carbocycles. The predicted molar refractivity (Wildman–Crippen MR) is 118 cm³/mol. The van der Waals surface area contributed by atoms with E-state index in [-0.39, 0.29) is 23.7 Å². The zero-order valence-electron chi connectivity index (χ0n) is 17.5. The van der Waals surface area contributed by atoms with E-state index in [1.807, 2.05) is 18.2 Å². The highest BCUT2D eigenvalue weighted by atomic mass is 16.2. The molecule has 3 aromatic carbocycles.